The number of carbonyl (C=O) groups is 2. The predicted molar refractivity (Wildman–Crippen MR) is 71.0 cm³/mol. The number of hydrogen-bond acceptors (Lipinski definition) is 3. The van der Waals surface area contributed by atoms with Crippen molar-refractivity contribution in [3.05, 3.63) is 0 Å². The molecule has 0 saturated carbocycles. The van der Waals surface area contributed by atoms with Gasteiger partial charge in [-0.15, -0.1) is 0 Å². The Morgan fingerprint density at radius 3 is 2.42 bits per heavy atom. The van der Waals surface area contributed by atoms with E-state index in [-0.39, 0.29) is 18.7 Å². The second kappa shape index (κ2) is 7.33. The van der Waals surface area contributed by atoms with Crippen LogP contribution in [0.4, 0.5) is 4.79 Å². The lowest BCUT2D eigenvalue weighted by Crippen LogP contribution is -2.49. The number of amides is 2. The molecule has 1 aliphatic heterocycles. The van der Waals surface area contributed by atoms with E-state index in [2.05, 4.69) is 0 Å². The van der Waals surface area contributed by atoms with Gasteiger partial charge < -0.3 is 19.6 Å². The van der Waals surface area contributed by atoms with E-state index in [0.29, 0.717) is 19.6 Å². The van der Waals surface area contributed by atoms with Gasteiger partial charge in [0.25, 0.3) is 0 Å². The molecule has 1 rings (SSSR count). The summed E-state index contributed by atoms with van der Waals surface area (Å²) in [4.78, 5) is 26.6. The molecule has 0 bridgehead atoms. The number of urea groups is 1. The summed E-state index contributed by atoms with van der Waals surface area (Å²) in [7, 11) is 1.69. The number of methoxy groups -OCH3 is 1. The topological polar surface area (TPSA) is 70.1 Å². The molecule has 0 spiro atoms. The van der Waals surface area contributed by atoms with Crippen molar-refractivity contribution in [1.82, 2.24) is 9.80 Å². The Morgan fingerprint density at radius 1 is 1.42 bits per heavy atom. The largest absolute Gasteiger partial charge is 0.481 e. The maximum Gasteiger partial charge on any atom is 0.320 e. The van der Waals surface area contributed by atoms with Crippen LogP contribution < -0.4 is 0 Å². The molecule has 0 aromatic rings. The summed E-state index contributed by atoms with van der Waals surface area (Å²) < 4.78 is 5.27. The van der Waals surface area contributed by atoms with Gasteiger partial charge in [-0.3, -0.25) is 4.79 Å². The van der Waals surface area contributed by atoms with Crippen LogP contribution in [0.15, 0.2) is 0 Å². The Morgan fingerprint density at radius 2 is 2.00 bits per heavy atom. The first-order chi connectivity index (χ1) is 8.99. The normalized spacial score (nSPS) is 18.2. The van der Waals surface area contributed by atoms with Gasteiger partial charge >= 0.3 is 12.0 Å². The maximum atomic E-state index is 12.3. The van der Waals surface area contributed by atoms with Gasteiger partial charge in [0.05, 0.1) is 12.0 Å². The lowest BCUT2D eigenvalue weighted by Gasteiger charge is -2.35. The highest BCUT2D eigenvalue weighted by molar-refractivity contribution is 5.76. The molecule has 0 radical (unpaired) electrons. The summed E-state index contributed by atoms with van der Waals surface area (Å²) in [5.74, 6) is -1.41. The van der Waals surface area contributed by atoms with E-state index in [0.717, 1.165) is 12.8 Å². The number of carbonyl (C=O) groups excluding carboxylic acids is 1. The zero-order valence-electron chi connectivity index (χ0n) is 12.0. The van der Waals surface area contributed by atoms with Gasteiger partial charge in [0.15, 0.2) is 0 Å². The van der Waals surface area contributed by atoms with Gasteiger partial charge in [0.1, 0.15) is 0 Å². The summed E-state index contributed by atoms with van der Waals surface area (Å²) in [5, 5.41) is 8.92. The Hall–Kier alpha value is -1.30. The van der Waals surface area contributed by atoms with Crippen LogP contribution in [0.1, 0.15) is 26.7 Å². The molecule has 6 heteroatoms. The van der Waals surface area contributed by atoms with Crippen molar-refractivity contribution in [1.29, 1.82) is 0 Å². The molecule has 0 aromatic heterocycles. The van der Waals surface area contributed by atoms with Crippen LogP contribution in [0.5, 0.6) is 0 Å². The molecule has 1 unspecified atom stereocenters. The van der Waals surface area contributed by atoms with Gasteiger partial charge in [-0.2, -0.15) is 0 Å². The van der Waals surface area contributed by atoms with Gasteiger partial charge in [-0.05, 0) is 19.8 Å². The minimum absolute atomic E-state index is 0.0647. The van der Waals surface area contributed by atoms with Crippen molar-refractivity contribution < 1.29 is 19.4 Å². The number of carboxylic acids is 1. The van der Waals surface area contributed by atoms with E-state index < -0.39 is 11.9 Å². The average Bonchev–Trinajstić information content (AvgIpc) is 2.43. The SMILES string of the molecule is CCN(CC(C)C(=O)O)C(=O)N1CCC(OC)CC1. The first kappa shape index (κ1) is 15.8. The van der Waals surface area contributed by atoms with Crippen molar-refractivity contribution in [3.63, 3.8) is 0 Å². The third-order valence-electron chi connectivity index (χ3n) is 3.61. The van der Waals surface area contributed by atoms with Crippen LogP contribution in [-0.2, 0) is 9.53 Å². The third kappa shape index (κ3) is 4.38. The van der Waals surface area contributed by atoms with Crippen LogP contribution >= 0.6 is 0 Å². The van der Waals surface area contributed by atoms with E-state index in [1.807, 2.05) is 6.92 Å². The monoisotopic (exact) mass is 272 g/mol. The fraction of sp³-hybridized carbons (Fsp3) is 0.846. The molecule has 0 aliphatic carbocycles. The maximum absolute atomic E-state index is 12.3. The Kier molecular flexibility index (Phi) is 6.08. The molecular weight excluding hydrogens is 248 g/mol. The van der Waals surface area contributed by atoms with E-state index in [1.165, 1.54) is 0 Å². The molecule has 1 saturated heterocycles. The number of ether oxygens (including phenoxy) is 1. The van der Waals surface area contributed by atoms with Gasteiger partial charge in [-0.1, -0.05) is 6.92 Å². The fourth-order valence-electron chi connectivity index (χ4n) is 2.23. The van der Waals surface area contributed by atoms with Crippen LogP contribution in [0.25, 0.3) is 0 Å². The van der Waals surface area contributed by atoms with Crippen molar-refractivity contribution in [2.75, 3.05) is 33.3 Å². The van der Waals surface area contributed by atoms with Gasteiger partial charge in [0.2, 0.25) is 0 Å². The van der Waals surface area contributed by atoms with Gasteiger partial charge in [0, 0.05) is 33.3 Å². The molecule has 2 amide bonds. The first-order valence-corrected chi connectivity index (χ1v) is 6.79. The molecule has 1 fully saturated rings. The number of rotatable bonds is 5. The lowest BCUT2D eigenvalue weighted by atomic mass is 10.1. The second-order valence-electron chi connectivity index (χ2n) is 4.98. The van der Waals surface area contributed by atoms with Gasteiger partial charge in [-0.25, -0.2) is 4.79 Å². The van der Waals surface area contributed by atoms with Crippen molar-refractivity contribution >= 4 is 12.0 Å². The summed E-state index contributed by atoms with van der Waals surface area (Å²) in [6.45, 7) is 5.63. The predicted octanol–water partition coefficient (Wildman–Crippen LogP) is 1.26. The van der Waals surface area contributed by atoms with Crippen molar-refractivity contribution in [2.24, 2.45) is 5.92 Å². The van der Waals surface area contributed by atoms with Crippen LogP contribution in [0.3, 0.4) is 0 Å². The summed E-state index contributed by atoms with van der Waals surface area (Å²) in [6.07, 6.45) is 1.92. The Balaban J connectivity index is 2.52. The number of carboxylic acid groups (broad SMARTS) is 1. The van der Waals surface area contributed by atoms with E-state index in [1.54, 1.807) is 23.8 Å². The molecule has 110 valence electrons. The van der Waals surface area contributed by atoms with Crippen molar-refractivity contribution in [2.45, 2.75) is 32.8 Å². The smallest absolute Gasteiger partial charge is 0.320 e. The summed E-state index contributed by atoms with van der Waals surface area (Å²) >= 11 is 0. The fourth-order valence-corrected chi connectivity index (χ4v) is 2.23. The molecule has 1 atom stereocenters. The Bertz CT molecular complexity index is 314. The van der Waals surface area contributed by atoms with Crippen LogP contribution in [0.2, 0.25) is 0 Å². The summed E-state index contributed by atoms with van der Waals surface area (Å²) in [5.41, 5.74) is 0. The molecule has 6 nitrogen and oxygen atoms in total. The number of piperidine rings is 1. The number of aliphatic carboxylic acids is 1. The number of nitrogens with zero attached hydrogens (tertiary/aromatic N) is 2. The minimum atomic E-state index is -0.871. The van der Waals surface area contributed by atoms with Crippen molar-refractivity contribution in [3.8, 4) is 0 Å². The van der Waals surface area contributed by atoms with Crippen LogP contribution in [0, 0.1) is 5.92 Å². The van der Waals surface area contributed by atoms with Crippen LogP contribution in [-0.4, -0.2) is 66.3 Å². The quantitative estimate of drug-likeness (QED) is 0.818. The Labute approximate surface area is 114 Å². The average molecular weight is 272 g/mol. The van der Waals surface area contributed by atoms with E-state index in [4.69, 9.17) is 9.84 Å². The molecule has 1 N–H and O–H groups in total. The zero-order chi connectivity index (χ0) is 14.4. The third-order valence-corrected chi connectivity index (χ3v) is 3.61. The zero-order valence-corrected chi connectivity index (χ0v) is 12.0. The summed E-state index contributed by atoms with van der Waals surface area (Å²) in [6, 6.07) is -0.0647. The van der Waals surface area contributed by atoms with E-state index >= 15 is 0 Å². The first-order valence-electron chi connectivity index (χ1n) is 6.79. The molecular formula is C13H24N2O4. The minimum Gasteiger partial charge on any atom is -0.481 e. The standard InChI is InChI=1S/C13H24N2O4/c1-4-14(9-10(2)12(16)17)13(18)15-7-5-11(19-3)6-8-15/h10-11H,4-9H2,1-3H3,(H,16,17). The molecule has 1 aliphatic rings. The highest BCUT2D eigenvalue weighted by Crippen LogP contribution is 2.15. The highest BCUT2D eigenvalue weighted by atomic mass is 16.5. The highest BCUT2D eigenvalue weighted by Gasteiger charge is 2.27. The number of hydrogen-bond donors (Lipinski definition) is 1. The second-order valence-corrected chi connectivity index (χ2v) is 4.98. The number of likely N-dealkylation sites (tertiary alicyclic amines) is 1. The molecule has 19 heavy (non-hydrogen) atoms. The molecule has 1 heterocycles. The molecule has 0 aromatic carbocycles. The van der Waals surface area contributed by atoms with E-state index in [9.17, 15) is 9.59 Å². The lowest BCUT2D eigenvalue weighted by molar-refractivity contribution is -0.141.